The van der Waals surface area contributed by atoms with Crippen molar-refractivity contribution in [3.63, 3.8) is 0 Å². The number of hydrogen-bond acceptors (Lipinski definition) is 2. The van der Waals surface area contributed by atoms with Gasteiger partial charge in [-0.1, -0.05) is 18.6 Å². The van der Waals surface area contributed by atoms with Gasteiger partial charge in [0.05, 0.1) is 12.0 Å². The molecule has 0 aliphatic heterocycles. The second-order valence-corrected chi connectivity index (χ2v) is 6.41. The van der Waals surface area contributed by atoms with Crippen molar-refractivity contribution < 1.29 is 14.7 Å². The molecule has 4 nitrogen and oxygen atoms in total. The van der Waals surface area contributed by atoms with E-state index in [1.54, 1.807) is 0 Å². The Morgan fingerprint density at radius 1 is 1.14 bits per heavy atom. The fraction of sp³-hybridized carbons (Fsp3) is 0.529. The standard InChI is InChI=1S/C17H21NO3/c19-15(20)11-17(9-2-10-17)18-16(21)14-7-5-13(6-8-14)12-3-1-4-12/h5-8,12H,1-4,9-11H2,(H,18,21)(H,19,20). The fourth-order valence-electron chi connectivity index (χ4n) is 3.20. The third-order valence-electron chi connectivity index (χ3n) is 4.93. The quantitative estimate of drug-likeness (QED) is 0.874. The molecule has 2 N–H and O–H groups in total. The van der Waals surface area contributed by atoms with E-state index in [9.17, 15) is 9.59 Å². The maximum absolute atomic E-state index is 12.3. The number of aliphatic carboxylic acids is 1. The molecule has 2 aliphatic rings. The molecule has 0 atom stereocenters. The summed E-state index contributed by atoms with van der Waals surface area (Å²) in [5.74, 6) is -0.349. The van der Waals surface area contributed by atoms with Gasteiger partial charge in [-0.25, -0.2) is 0 Å². The molecular weight excluding hydrogens is 266 g/mol. The van der Waals surface area contributed by atoms with Crippen molar-refractivity contribution in [3.8, 4) is 0 Å². The van der Waals surface area contributed by atoms with Crippen molar-refractivity contribution in [1.82, 2.24) is 5.32 Å². The third kappa shape index (κ3) is 2.94. The Bertz CT molecular complexity index is 542. The van der Waals surface area contributed by atoms with Crippen LogP contribution >= 0.6 is 0 Å². The second-order valence-electron chi connectivity index (χ2n) is 6.41. The summed E-state index contributed by atoms with van der Waals surface area (Å²) in [6.07, 6.45) is 6.29. The first kappa shape index (κ1) is 14.1. The molecule has 2 aliphatic carbocycles. The lowest BCUT2D eigenvalue weighted by atomic mass is 9.74. The summed E-state index contributed by atoms with van der Waals surface area (Å²) < 4.78 is 0. The predicted molar refractivity (Wildman–Crippen MR) is 79.3 cm³/mol. The van der Waals surface area contributed by atoms with Crippen molar-refractivity contribution in [3.05, 3.63) is 35.4 Å². The molecule has 1 amide bonds. The van der Waals surface area contributed by atoms with Gasteiger partial charge in [-0.15, -0.1) is 0 Å². The van der Waals surface area contributed by atoms with E-state index in [0.29, 0.717) is 11.5 Å². The Hall–Kier alpha value is -1.84. The van der Waals surface area contributed by atoms with Gasteiger partial charge < -0.3 is 10.4 Å². The van der Waals surface area contributed by atoms with Crippen LogP contribution in [-0.2, 0) is 4.79 Å². The molecule has 0 aromatic heterocycles. The lowest BCUT2D eigenvalue weighted by molar-refractivity contribution is -0.139. The summed E-state index contributed by atoms with van der Waals surface area (Å²) in [7, 11) is 0. The van der Waals surface area contributed by atoms with E-state index in [0.717, 1.165) is 19.3 Å². The van der Waals surface area contributed by atoms with Crippen molar-refractivity contribution in [2.75, 3.05) is 0 Å². The monoisotopic (exact) mass is 287 g/mol. The number of carbonyl (C=O) groups excluding carboxylic acids is 1. The molecule has 112 valence electrons. The molecule has 3 rings (SSSR count). The number of benzene rings is 1. The van der Waals surface area contributed by atoms with Gasteiger partial charge in [-0.3, -0.25) is 9.59 Å². The first-order valence-electron chi connectivity index (χ1n) is 7.72. The average Bonchev–Trinajstić information content (AvgIpc) is 2.34. The SMILES string of the molecule is O=C(O)CC1(NC(=O)c2ccc(C3CCC3)cc2)CCC1. The lowest BCUT2D eigenvalue weighted by Gasteiger charge is -2.41. The molecule has 0 bridgehead atoms. The Labute approximate surface area is 124 Å². The average molecular weight is 287 g/mol. The largest absolute Gasteiger partial charge is 0.481 e. The minimum absolute atomic E-state index is 0.0128. The minimum atomic E-state index is -0.852. The Morgan fingerprint density at radius 3 is 2.24 bits per heavy atom. The fourth-order valence-corrected chi connectivity index (χ4v) is 3.20. The molecule has 4 heteroatoms. The second kappa shape index (κ2) is 5.51. The summed E-state index contributed by atoms with van der Waals surface area (Å²) in [5, 5.41) is 11.9. The number of carboxylic acid groups (broad SMARTS) is 1. The van der Waals surface area contributed by atoms with Gasteiger partial charge in [-0.2, -0.15) is 0 Å². The molecular formula is C17H21NO3. The van der Waals surface area contributed by atoms with Gasteiger partial charge >= 0.3 is 5.97 Å². The summed E-state index contributed by atoms with van der Waals surface area (Å²) in [6.45, 7) is 0. The molecule has 0 heterocycles. The number of hydrogen-bond donors (Lipinski definition) is 2. The zero-order valence-electron chi connectivity index (χ0n) is 12.1. The van der Waals surface area contributed by atoms with E-state index in [2.05, 4.69) is 5.32 Å². The van der Waals surface area contributed by atoms with Crippen LogP contribution < -0.4 is 5.32 Å². The van der Waals surface area contributed by atoms with Crippen molar-refractivity contribution in [1.29, 1.82) is 0 Å². The van der Waals surface area contributed by atoms with Crippen molar-refractivity contribution >= 4 is 11.9 Å². The lowest BCUT2D eigenvalue weighted by Crippen LogP contribution is -2.54. The normalized spacial score (nSPS) is 20.2. The van der Waals surface area contributed by atoms with Crippen LogP contribution in [0.25, 0.3) is 0 Å². The van der Waals surface area contributed by atoms with E-state index in [1.165, 1.54) is 24.8 Å². The summed E-state index contributed by atoms with van der Waals surface area (Å²) in [6, 6.07) is 7.78. The number of amides is 1. The summed E-state index contributed by atoms with van der Waals surface area (Å²) in [5.41, 5.74) is 1.40. The molecule has 0 saturated heterocycles. The summed E-state index contributed by atoms with van der Waals surface area (Å²) >= 11 is 0. The number of carbonyl (C=O) groups is 2. The van der Waals surface area contributed by atoms with E-state index >= 15 is 0 Å². The smallest absolute Gasteiger partial charge is 0.305 e. The molecule has 0 unspecified atom stereocenters. The van der Waals surface area contributed by atoms with E-state index in [4.69, 9.17) is 5.11 Å². The highest BCUT2D eigenvalue weighted by molar-refractivity contribution is 5.95. The summed E-state index contributed by atoms with van der Waals surface area (Å²) in [4.78, 5) is 23.2. The maximum atomic E-state index is 12.3. The van der Waals surface area contributed by atoms with Crippen LogP contribution in [0.1, 0.15) is 66.8 Å². The zero-order chi connectivity index (χ0) is 14.9. The van der Waals surface area contributed by atoms with Crippen LogP contribution in [0.2, 0.25) is 0 Å². The van der Waals surface area contributed by atoms with Crippen LogP contribution in [0.4, 0.5) is 0 Å². The highest BCUT2D eigenvalue weighted by atomic mass is 16.4. The highest BCUT2D eigenvalue weighted by Crippen LogP contribution is 2.37. The first-order valence-corrected chi connectivity index (χ1v) is 7.72. The van der Waals surface area contributed by atoms with E-state index in [1.807, 2.05) is 24.3 Å². The molecule has 0 spiro atoms. The van der Waals surface area contributed by atoms with Gasteiger partial charge in [0, 0.05) is 5.56 Å². The Morgan fingerprint density at radius 2 is 1.81 bits per heavy atom. The van der Waals surface area contributed by atoms with E-state index in [-0.39, 0.29) is 12.3 Å². The Balaban J connectivity index is 1.65. The van der Waals surface area contributed by atoms with Gasteiger partial charge in [-0.05, 0) is 55.7 Å². The number of nitrogens with one attached hydrogen (secondary N) is 1. The van der Waals surface area contributed by atoms with Crippen molar-refractivity contribution in [2.24, 2.45) is 0 Å². The molecule has 1 aromatic carbocycles. The molecule has 2 fully saturated rings. The van der Waals surface area contributed by atoms with Crippen LogP contribution in [0.5, 0.6) is 0 Å². The van der Waals surface area contributed by atoms with Gasteiger partial charge in [0.25, 0.3) is 5.91 Å². The highest BCUT2D eigenvalue weighted by Gasteiger charge is 2.40. The van der Waals surface area contributed by atoms with Gasteiger partial charge in [0.15, 0.2) is 0 Å². The number of carboxylic acids is 1. The predicted octanol–water partition coefficient (Wildman–Crippen LogP) is 3.08. The molecule has 21 heavy (non-hydrogen) atoms. The zero-order valence-corrected chi connectivity index (χ0v) is 12.1. The third-order valence-corrected chi connectivity index (χ3v) is 4.93. The van der Waals surface area contributed by atoms with Gasteiger partial charge in [0.2, 0.25) is 0 Å². The Kier molecular flexibility index (Phi) is 3.70. The van der Waals surface area contributed by atoms with Crippen LogP contribution in [0.3, 0.4) is 0 Å². The topological polar surface area (TPSA) is 66.4 Å². The van der Waals surface area contributed by atoms with Crippen LogP contribution in [-0.4, -0.2) is 22.5 Å². The van der Waals surface area contributed by atoms with Gasteiger partial charge in [0.1, 0.15) is 0 Å². The molecule has 1 aromatic rings. The maximum Gasteiger partial charge on any atom is 0.305 e. The van der Waals surface area contributed by atoms with Crippen molar-refractivity contribution in [2.45, 2.75) is 56.4 Å². The van der Waals surface area contributed by atoms with E-state index < -0.39 is 11.5 Å². The van der Waals surface area contributed by atoms with Crippen LogP contribution in [0, 0.1) is 0 Å². The molecule has 0 radical (unpaired) electrons. The first-order chi connectivity index (χ1) is 10.1. The number of rotatable bonds is 5. The molecule has 2 saturated carbocycles. The van der Waals surface area contributed by atoms with Crippen LogP contribution in [0.15, 0.2) is 24.3 Å². The minimum Gasteiger partial charge on any atom is -0.481 e.